The number of carbonyl (C=O) groups excluding carboxylic acids is 2. The van der Waals surface area contributed by atoms with Gasteiger partial charge >= 0.3 is 5.97 Å². The largest absolute Gasteiger partial charge is 0.464 e. The van der Waals surface area contributed by atoms with Gasteiger partial charge in [0.15, 0.2) is 5.89 Å². The number of hydrogen-bond donors (Lipinski definition) is 1. The molecule has 1 heterocycles. The third-order valence-corrected chi connectivity index (χ3v) is 6.87. The van der Waals surface area contributed by atoms with Gasteiger partial charge in [0.05, 0.1) is 6.61 Å². The van der Waals surface area contributed by atoms with Gasteiger partial charge in [0.25, 0.3) is 0 Å². The van der Waals surface area contributed by atoms with Crippen LogP contribution in [-0.2, 0) is 27.2 Å². The monoisotopic (exact) mass is 494 g/mol. The number of nitrogens with zero attached hydrogens (tertiary/aromatic N) is 1. The van der Waals surface area contributed by atoms with Gasteiger partial charge < -0.3 is 14.5 Å². The predicted octanol–water partition coefficient (Wildman–Crippen LogP) is 6.23. The number of aromatic nitrogens is 1. The van der Waals surface area contributed by atoms with Crippen LogP contribution in [-0.4, -0.2) is 29.0 Å². The summed E-state index contributed by atoms with van der Waals surface area (Å²) in [6.45, 7) is 7.48. The Morgan fingerprint density at radius 3 is 2.23 bits per heavy atom. The van der Waals surface area contributed by atoms with E-state index >= 15 is 0 Å². The molecule has 186 valence electrons. The fourth-order valence-electron chi connectivity index (χ4n) is 3.92. The van der Waals surface area contributed by atoms with E-state index in [-0.39, 0.29) is 18.5 Å². The number of esters is 1. The Morgan fingerprint density at radius 1 is 1.00 bits per heavy atom. The fourth-order valence-corrected chi connectivity index (χ4v) is 4.73. The first-order valence-corrected chi connectivity index (χ1v) is 13.0. The van der Waals surface area contributed by atoms with E-state index < -0.39 is 5.54 Å². The summed E-state index contributed by atoms with van der Waals surface area (Å²) in [5.74, 6) is 0.166. The lowest BCUT2D eigenvalue weighted by molar-refractivity contribution is -0.153. The van der Waals surface area contributed by atoms with Crippen LogP contribution >= 0.6 is 11.8 Å². The highest BCUT2D eigenvalue weighted by Gasteiger charge is 2.38. The van der Waals surface area contributed by atoms with Crippen molar-refractivity contribution in [1.29, 1.82) is 0 Å². The maximum Gasteiger partial charge on any atom is 0.331 e. The van der Waals surface area contributed by atoms with Crippen LogP contribution in [0.25, 0.3) is 11.3 Å². The number of rotatable bonds is 12. The van der Waals surface area contributed by atoms with Gasteiger partial charge in [-0.3, -0.25) is 4.79 Å². The normalized spacial score (nSPS) is 12.7. The standard InChI is InChI=1S/C28H34N2O4S/c1-5-8-26-29-25(19-34-26)22-11-15-24(16-12-22)35-23-13-9-21(10-14-23)17-18-28(6-2,30-20(4)31)27(32)33-7-3/h9-16,19H,5-8,17-18H2,1-4H3,(H,30,31). The summed E-state index contributed by atoms with van der Waals surface area (Å²) in [5, 5.41) is 2.84. The molecular formula is C28H34N2O4S. The average Bonchev–Trinajstić information content (AvgIpc) is 3.32. The molecule has 0 aliphatic carbocycles. The molecule has 0 spiro atoms. The maximum absolute atomic E-state index is 12.6. The van der Waals surface area contributed by atoms with E-state index in [2.05, 4.69) is 65.8 Å². The molecule has 1 amide bonds. The van der Waals surface area contributed by atoms with E-state index in [1.165, 1.54) is 6.92 Å². The summed E-state index contributed by atoms with van der Waals surface area (Å²) < 4.78 is 10.8. The zero-order chi connectivity index (χ0) is 25.3. The lowest BCUT2D eigenvalue weighted by Gasteiger charge is -2.31. The van der Waals surface area contributed by atoms with Gasteiger partial charge in [-0.25, -0.2) is 9.78 Å². The van der Waals surface area contributed by atoms with Crippen molar-refractivity contribution in [2.24, 2.45) is 0 Å². The quantitative estimate of drug-likeness (QED) is 0.301. The molecule has 1 atom stereocenters. The topological polar surface area (TPSA) is 81.4 Å². The number of amides is 1. The van der Waals surface area contributed by atoms with Gasteiger partial charge in [-0.05, 0) is 62.4 Å². The Morgan fingerprint density at radius 2 is 1.66 bits per heavy atom. The Kier molecular flexibility index (Phi) is 9.55. The number of hydrogen-bond acceptors (Lipinski definition) is 6. The van der Waals surface area contributed by atoms with Crippen molar-refractivity contribution in [3.8, 4) is 11.3 Å². The minimum Gasteiger partial charge on any atom is -0.464 e. The maximum atomic E-state index is 12.6. The summed E-state index contributed by atoms with van der Waals surface area (Å²) in [6.07, 6.45) is 5.19. The summed E-state index contributed by atoms with van der Waals surface area (Å²) in [6, 6.07) is 16.6. The number of aryl methyl sites for hydroxylation is 2. The molecular weight excluding hydrogens is 460 g/mol. The van der Waals surface area contributed by atoms with Gasteiger partial charge in [0, 0.05) is 28.7 Å². The molecule has 0 fully saturated rings. The van der Waals surface area contributed by atoms with Gasteiger partial charge in [-0.1, -0.05) is 49.9 Å². The van der Waals surface area contributed by atoms with Crippen molar-refractivity contribution < 1.29 is 18.7 Å². The highest BCUT2D eigenvalue weighted by molar-refractivity contribution is 7.99. The van der Waals surface area contributed by atoms with Crippen LogP contribution in [0.5, 0.6) is 0 Å². The van der Waals surface area contributed by atoms with Crippen LogP contribution < -0.4 is 5.32 Å². The van der Waals surface area contributed by atoms with Crippen LogP contribution in [0.2, 0.25) is 0 Å². The fraction of sp³-hybridized carbons (Fsp3) is 0.393. The summed E-state index contributed by atoms with van der Waals surface area (Å²) >= 11 is 1.69. The van der Waals surface area contributed by atoms with Crippen LogP contribution in [0.4, 0.5) is 0 Å². The Labute approximate surface area is 211 Å². The van der Waals surface area contributed by atoms with E-state index in [0.717, 1.165) is 45.3 Å². The second-order valence-electron chi connectivity index (χ2n) is 8.48. The molecule has 6 nitrogen and oxygen atoms in total. The SMILES string of the molecule is CCCc1nc(-c2ccc(Sc3ccc(CCC(CC)(NC(C)=O)C(=O)OCC)cc3)cc2)co1. The second-order valence-corrected chi connectivity index (χ2v) is 9.63. The molecule has 3 rings (SSSR count). The van der Waals surface area contributed by atoms with E-state index in [1.54, 1.807) is 24.9 Å². The van der Waals surface area contributed by atoms with Gasteiger partial charge in [0.1, 0.15) is 17.5 Å². The van der Waals surface area contributed by atoms with Crippen molar-refractivity contribution >= 4 is 23.6 Å². The highest BCUT2D eigenvalue weighted by Crippen LogP contribution is 2.30. The highest BCUT2D eigenvalue weighted by atomic mass is 32.2. The first-order chi connectivity index (χ1) is 16.9. The zero-order valence-electron chi connectivity index (χ0n) is 20.9. The zero-order valence-corrected chi connectivity index (χ0v) is 21.7. The number of benzene rings is 2. The first kappa shape index (κ1) is 26.5. The molecule has 0 saturated carbocycles. The van der Waals surface area contributed by atoms with E-state index in [0.29, 0.717) is 19.3 Å². The van der Waals surface area contributed by atoms with Crippen molar-refractivity contribution in [1.82, 2.24) is 10.3 Å². The van der Waals surface area contributed by atoms with Crippen LogP contribution in [0.1, 0.15) is 58.4 Å². The summed E-state index contributed by atoms with van der Waals surface area (Å²) in [5.41, 5.74) is 2.00. The van der Waals surface area contributed by atoms with E-state index in [1.807, 2.05) is 6.92 Å². The minimum absolute atomic E-state index is 0.234. The Balaban J connectivity index is 1.62. The molecule has 1 N–H and O–H groups in total. The van der Waals surface area contributed by atoms with Crippen molar-refractivity contribution in [3.05, 3.63) is 66.2 Å². The lowest BCUT2D eigenvalue weighted by atomic mass is 9.88. The van der Waals surface area contributed by atoms with E-state index in [4.69, 9.17) is 9.15 Å². The molecule has 0 aliphatic heterocycles. The molecule has 0 bridgehead atoms. The van der Waals surface area contributed by atoms with Crippen molar-refractivity contribution in [2.75, 3.05) is 6.61 Å². The van der Waals surface area contributed by atoms with Crippen LogP contribution in [0, 0.1) is 0 Å². The average molecular weight is 495 g/mol. The van der Waals surface area contributed by atoms with Crippen LogP contribution in [0.3, 0.4) is 0 Å². The Bertz CT molecular complexity index is 1110. The molecule has 0 radical (unpaired) electrons. The summed E-state index contributed by atoms with van der Waals surface area (Å²) in [7, 11) is 0. The molecule has 35 heavy (non-hydrogen) atoms. The van der Waals surface area contributed by atoms with E-state index in [9.17, 15) is 9.59 Å². The van der Waals surface area contributed by atoms with Gasteiger partial charge in [-0.2, -0.15) is 0 Å². The van der Waals surface area contributed by atoms with Crippen molar-refractivity contribution in [3.63, 3.8) is 0 Å². The third kappa shape index (κ3) is 7.21. The second kappa shape index (κ2) is 12.6. The molecule has 1 aromatic heterocycles. The first-order valence-electron chi connectivity index (χ1n) is 12.2. The molecule has 2 aromatic carbocycles. The van der Waals surface area contributed by atoms with Crippen molar-refractivity contribution in [2.45, 2.75) is 75.1 Å². The lowest BCUT2D eigenvalue weighted by Crippen LogP contribution is -2.54. The molecule has 7 heteroatoms. The summed E-state index contributed by atoms with van der Waals surface area (Å²) in [4.78, 5) is 31.2. The third-order valence-electron chi connectivity index (χ3n) is 5.85. The number of oxazole rings is 1. The number of ether oxygens (including phenoxy) is 1. The van der Waals surface area contributed by atoms with Gasteiger partial charge in [-0.15, -0.1) is 0 Å². The van der Waals surface area contributed by atoms with Gasteiger partial charge in [0.2, 0.25) is 5.91 Å². The smallest absolute Gasteiger partial charge is 0.331 e. The van der Waals surface area contributed by atoms with Crippen LogP contribution in [0.15, 0.2) is 69.0 Å². The molecule has 3 aromatic rings. The molecule has 1 unspecified atom stereocenters. The minimum atomic E-state index is -1.00. The number of carbonyl (C=O) groups is 2. The predicted molar refractivity (Wildman–Crippen MR) is 138 cm³/mol. The number of nitrogens with one attached hydrogen (secondary N) is 1. The molecule has 0 aliphatic rings. The Hall–Kier alpha value is -3.06. The molecule has 0 saturated heterocycles.